The lowest BCUT2D eigenvalue weighted by Gasteiger charge is -2.08. The minimum absolute atomic E-state index is 0.279. The largest absolute Gasteiger partial charge is 0.481 e. The second-order valence-corrected chi connectivity index (χ2v) is 6.32. The lowest BCUT2D eigenvalue weighted by Crippen LogP contribution is -2.13. The van der Waals surface area contributed by atoms with Crippen molar-refractivity contribution in [3.05, 3.63) is 41.2 Å². The highest BCUT2D eigenvalue weighted by Gasteiger charge is 2.26. The van der Waals surface area contributed by atoms with Crippen LogP contribution in [-0.4, -0.2) is 16.2 Å². The predicted molar refractivity (Wildman–Crippen MR) is 83.8 cm³/mol. The Morgan fingerprint density at radius 1 is 1.23 bits per heavy atom. The molecule has 4 heteroatoms. The van der Waals surface area contributed by atoms with Gasteiger partial charge in [0, 0.05) is 17.5 Å². The first-order chi connectivity index (χ1) is 10.6. The van der Waals surface area contributed by atoms with Crippen LogP contribution in [0.2, 0.25) is 0 Å². The van der Waals surface area contributed by atoms with Gasteiger partial charge in [-0.2, -0.15) is 0 Å². The van der Waals surface area contributed by atoms with E-state index in [4.69, 9.17) is 4.52 Å². The van der Waals surface area contributed by atoms with Crippen LogP contribution in [0.4, 0.5) is 0 Å². The fraction of sp³-hybridized carbons (Fsp3) is 0.444. The molecule has 3 rings (SSSR count). The van der Waals surface area contributed by atoms with E-state index in [0.717, 1.165) is 29.0 Å². The van der Waals surface area contributed by atoms with Crippen molar-refractivity contribution < 1.29 is 14.4 Å². The van der Waals surface area contributed by atoms with E-state index in [-0.39, 0.29) is 5.92 Å². The molecule has 0 amide bonds. The number of aromatic nitrogens is 1. The summed E-state index contributed by atoms with van der Waals surface area (Å²) in [5, 5.41) is 13.4. The van der Waals surface area contributed by atoms with Gasteiger partial charge < -0.3 is 9.63 Å². The van der Waals surface area contributed by atoms with E-state index in [2.05, 4.69) is 43.3 Å². The normalized spacial score (nSPS) is 18.0. The van der Waals surface area contributed by atoms with Crippen molar-refractivity contribution in [2.24, 2.45) is 5.92 Å². The van der Waals surface area contributed by atoms with Crippen LogP contribution < -0.4 is 0 Å². The molecule has 4 nitrogen and oxygen atoms in total. The molecule has 0 saturated heterocycles. The zero-order chi connectivity index (χ0) is 15.7. The Labute approximate surface area is 130 Å². The Balaban J connectivity index is 1.88. The lowest BCUT2D eigenvalue weighted by molar-refractivity contribution is -0.142. The third-order valence-corrected chi connectivity index (χ3v) is 4.53. The van der Waals surface area contributed by atoms with Crippen molar-refractivity contribution in [1.82, 2.24) is 5.16 Å². The van der Waals surface area contributed by atoms with Crippen molar-refractivity contribution in [2.75, 3.05) is 0 Å². The highest BCUT2D eigenvalue weighted by Crippen LogP contribution is 2.32. The summed E-state index contributed by atoms with van der Waals surface area (Å²) in [6.45, 7) is 4.34. The molecular formula is C18H21NO3. The number of hydrogen-bond donors (Lipinski definition) is 1. The number of benzene rings is 1. The van der Waals surface area contributed by atoms with E-state index in [1.165, 1.54) is 5.56 Å². The second-order valence-electron chi connectivity index (χ2n) is 6.32. The van der Waals surface area contributed by atoms with Gasteiger partial charge in [-0.3, -0.25) is 4.79 Å². The Bertz CT molecular complexity index is 670. The molecule has 1 unspecified atom stereocenters. The molecule has 0 spiro atoms. The maximum absolute atomic E-state index is 11.2. The molecule has 0 bridgehead atoms. The number of nitrogens with zero attached hydrogens (tertiary/aromatic N) is 1. The molecule has 2 aromatic rings. The molecular weight excluding hydrogens is 278 g/mol. The number of carboxylic acid groups (broad SMARTS) is 1. The summed E-state index contributed by atoms with van der Waals surface area (Å²) in [5.41, 5.74) is 4.30. The van der Waals surface area contributed by atoms with E-state index in [0.29, 0.717) is 25.2 Å². The van der Waals surface area contributed by atoms with Crippen LogP contribution in [0, 0.1) is 5.92 Å². The van der Waals surface area contributed by atoms with Crippen molar-refractivity contribution >= 4 is 5.97 Å². The van der Waals surface area contributed by atoms with Crippen LogP contribution in [0.25, 0.3) is 11.3 Å². The number of aliphatic carboxylic acids is 1. The van der Waals surface area contributed by atoms with Crippen LogP contribution in [0.5, 0.6) is 0 Å². The molecule has 1 heterocycles. The van der Waals surface area contributed by atoms with Gasteiger partial charge in [0.25, 0.3) is 0 Å². The number of carboxylic acids is 1. The highest BCUT2D eigenvalue weighted by molar-refractivity contribution is 5.70. The topological polar surface area (TPSA) is 63.3 Å². The molecule has 0 fully saturated rings. The summed E-state index contributed by atoms with van der Waals surface area (Å²) in [6.07, 6.45) is 2.66. The van der Waals surface area contributed by atoms with Crippen LogP contribution >= 0.6 is 0 Å². The molecule has 1 aliphatic rings. The van der Waals surface area contributed by atoms with Gasteiger partial charge in [0.1, 0.15) is 11.5 Å². The number of hydrogen-bond acceptors (Lipinski definition) is 3. The summed E-state index contributed by atoms with van der Waals surface area (Å²) in [4.78, 5) is 11.2. The van der Waals surface area contributed by atoms with Crippen molar-refractivity contribution in [3.8, 4) is 11.3 Å². The summed E-state index contributed by atoms with van der Waals surface area (Å²) in [5.74, 6) is 0.367. The molecule has 1 atom stereocenters. The number of fused-ring (bicyclic) bond motifs is 1. The summed E-state index contributed by atoms with van der Waals surface area (Å²) >= 11 is 0. The molecule has 0 radical (unpaired) electrons. The van der Waals surface area contributed by atoms with Crippen molar-refractivity contribution in [3.63, 3.8) is 0 Å². The van der Waals surface area contributed by atoms with Crippen molar-refractivity contribution in [2.45, 2.75) is 45.4 Å². The van der Waals surface area contributed by atoms with Crippen LogP contribution in [0.3, 0.4) is 0 Å². The fourth-order valence-electron chi connectivity index (χ4n) is 3.07. The minimum Gasteiger partial charge on any atom is -0.481 e. The first kappa shape index (κ1) is 14.8. The van der Waals surface area contributed by atoms with E-state index in [9.17, 15) is 9.90 Å². The van der Waals surface area contributed by atoms with Gasteiger partial charge in [-0.05, 0) is 30.7 Å². The monoisotopic (exact) mass is 299 g/mol. The SMILES string of the molecule is CC(C)c1ccc(-c2noc3c2CCC(C(=O)O)CC3)cc1. The Morgan fingerprint density at radius 2 is 1.91 bits per heavy atom. The van der Waals surface area contributed by atoms with Gasteiger partial charge >= 0.3 is 5.97 Å². The molecule has 1 aliphatic carbocycles. The van der Waals surface area contributed by atoms with E-state index >= 15 is 0 Å². The molecule has 1 aromatic carbocycles. The Hall–Kier alpha value is -2.10. The van der Waals surface area contributed by atoms with Gasteiger partial charge in [0.15, 0.2) is 0 Å². The quantitative estimate of drug-likeness (QED) is 0.869. The molecule has 0 aliphatic heterocycles. The second kappa shape index (κ2) is 5.95. The molecule has 22 heavy (non-hydrogen) atoms. The standard InChI is InChI=1S/C18H21NO3/c1-11(2)12-3-5-13(6-4-12)17-15-9-7-14(18(20)21)8-10-16(15)22-19-17/h3-6,11,14H,7-10H2,1-2H3,(H,20,21). The van der Waals surface area contributed by atoms with Gasteiger partial charge in [-0.25, -0.2) is 0 Å². The average molecular weight is 299 g/mol. The number of rotatable bonds is 3. The van der Waals surface area contributed by atoms with Crippen LogP contribution in [-0.2, 0) is 17.6 Å². The smallest absolute Gasteiger partial charge is 0.306 e. The Morgan fingerprint density at radius 3 is 2.55 bits per heavy atom. The maximum atomic E-state index is 11.2. The van der Waals surface area contributed by atoms with Gasteiger partial charge in [0.05, 0.1) is 5.92 Å². The molecule has 116 valence electrons. The molecule has 1 N–H and O–H groups in total. The lowest BCUT2D eigenvalue weighted by atomic mass is 9.97. The number of carbonyl (C=O) groups is 1. The fourth-order valence-corrected chi connectivity index (χ4v) is 3.07. The zero-order valence-corrected chi connectivity index (χ0v) is 13.0. The molecule has 0 saturated carbocycles. The molecule has 1 aromatic heterocycles. The van der Waals surface area contributed by atoms with E-state index < -0.39 is 5.97 Å². The first-order valence-corrected chi connectivity index (χ1v) is 7.87. The van der Waals surface area contributed by atoms with Gasteiger partial charge in [-0.15, -0.1) is 0 Å². The Kier molecular flexibility index (Phi) is 4.01. The van der Waals surface area contributed by atoms with Crippen LogP contribution in [0.15, 0.2) is 28.8 Å². The summed E-state index contributed by atoms with van der Waals surface area (Å²) in [7, 11) is 0. The summed E-state index contributed by atoms with van der Waals surface area (Å²) in [6, 6.07) is 8.40. The number of aryl methyl sites for hydroxylation is 1. The predicted octanol–water partition coefficient (Wildman–Crippen LogP) is 4.04. The van der Waals surface area contributed by atoms with Gasteiger partial charge in [-0.1, -0.05) is 43.3 Å². The third-order valence-electron chi connectivity index (χ3n) is 4.53. The van der Waals surface area contributed by atoms with Crippen LogP contribution in [0.1, 0.15) is 49.5 Å². The van der Waals surface area contributed by atoms with Gasteiger partial charge in [0.2, 0.25) is 0 Å². The van der Waals surface area contributed by atoms with E-state index in [1.54, 1.807) is 0 Å². The average Bonchev–Trinajstić information content (AvgIpc) is 2.78. The third kappa shape index (κ3) is 2.78. The summed E-state index contributed by atoms with van der Waals surface area (Å²) < 4.78 is 5.48. The highest BCUT2D eigenvalue weighted by atomic mass is 16.5. The minimum atomic E-state index is -0.707. The van der Waals surface area contributed by atoms with Crippen molar-refractivity contribution in [1.29, 1.82) is 0 Å². The maximum Gasteiger partial charge on any atom is 0.306 e. The zero-order valence-electron chi connectivity index (χ0n) is 13.0. The first-order valence-electron chi connectivity index (χ1n) is 7.87. The van der Waals surface area contributed by atoms with E-state index in [1.807, 2.05) is 0 Å².